The minimum absolute atomic E-state index is 0.674. The smallest absolute Gasteiger partial charge is 0.0790 e. The quantitative estimate of drug-likeness (QED) is 0.314. The van der Waals surface area contributed by atoms with Crippen molar-refractivity contribution in [3.05, 3.63) is 11.6 Å². The van der Waals surface area contributed by atoms with Crippen LogP contribution in [0.5, 0.6) is 0 Å². The first kappa shape index (κ1) is 7.21. The van der Waals surface area contributed by atoms with Gasteiger partial charge in [0.1, 0.15) is 0 Å². The van der Waals surface area contributed by atoms with Gasteiger partial charge in [-0.15, -0.1) is 0 Å². The molecule has 46 valence electrons. The van der Waals surface area contributed by atoms with E-state index in [1.165, 1.54) is 0 Å². The first-order valence-corrected chi connectivity index (χ1v) is 2.54. The number of rotatable bonds is 1. The molecular weight excluding hydrogens is 102 g/mol. The maximum absolute atomic E-state index is 8.18. The predicted molar refractivity (Wildman–Crippen MR) is 34.3 cm³/mol. The van der Waals surface area contributed by atoms with Gasteiger partial charge in [-0.1, -0.05) is 11.2 Å². The standard InChI is InChI=1S/C6H11NO/c1-4-5(2)6(3)7-8/h4,8H,1-3H3/b5-4+,7-6+. The Morgan fingerprint density at radius 3 is 2.12 bits per heavy atom. The maximum atomic E-state index is 8.18. The van der Waals surface area contributed by atoms with Crippen LogP contribution in [-0.2, 0) is 0 Å². The van der Waals surface area contributed by atoms with Gasteiger partial charge in [-0.3, -0.25) is 0 Å². The summed E-state index contributed by atoms with van der Waals surface area (Å²) in [7, 11) is 0. The molecule has 0 aliphatic carbocycles. The minimum atomic E-state index is 0.674. The van der Waals surface area contributed by atoms with Crippen LogP contribution in [0.3, 0.4) is 0 Å². The van der Waals surface area contributed by atoms with Crippen LogP contribution in [0, 0.1) is 0 Å². The third-order valence-corrected chi connectivity index (χ3v) is 1.15. The molecule has 0 saturated carbocycles. The SMILES string of the molecule is C/C=C(C)/C(C)=N/O. The molecule has 8 heavy (non-hydrogen) atoms. The predicted octanol–water partition coefficient (Wildman–Crippen LogP) is 1.80. The van der Waals surface area contributed by atoms with E-state index in [-0.39, 0.29) is 0 Å². The molecule has 2 nitrogen and oxygen atoms in total. The highest BCUT2D eigenvalue weighted by Crippen LogP contribution is 1.93. The Kier molecular flexibility index (Phi) is 2.92. The largest absolute Gasteiger partial charge is 0.411 e. The lowest BCUT2D eigenvalue weighted by atomic mass is 10.2. The van der Waals surface area contributed by atoms with E-state index in [1.54, 1.807) is 6.92 Å². The summed E-state index contributed by atoms with van der Waals surface area (Å²) in [6.45, 7) is 5.56. The summed E-state index contributed by atoms with van der Waals surface area (Å²) in [5, 5.41) is 11.2. The third-order valence-electron chi connectivity index (χ3n) is 1.15. The van der Waals surface area contributed by atoms with Gasteiger partial charge in [-0.25, -0.2) is 0 Å². The lowest BCUT2D eigenvalue weighted by molar-refractivity contribution is 0.319. The Bertz CT molecular complexity index is 108. The van der Waals surface area contributed by atoms with Crippen LogP contribution >= 0.6 is 0 Å². The van der Waals surface area contributed by atoms with Crippen LogP contribution in [0.2, 0.25) is 0 Å². The Labute approximate surface area is 49.5 Å². The Morgan fingerprint density at radius 2 is 2.00 bits per heavy atom. The van der Waals surface area contributed by atoms with E-state index >= 15 is 0 Å². The van der Waals surface area contributed by atoms with Gasteiger partial charge in [0.05, 0.1) is 5.71 Å². The molecule has 0 aromatic heterocycles. The molecule has 0 unspecified atom stereocenters. The molecule has 0 radical (unpaired) electrons. The van der Waals surface area contributed by atoms with Crippen molar-refractivity contribution in [1.29, 1.82) is 0 Å². The molecule has 0 aromatic carbocycles. The molecule has 0 aromatic rings. The molecule has 0 atom stereocenters. The van der Waals surface area contributed by atoms with Crippen molar-refractivity contribution in [2.45, 2.75) is 20.8 Å². The van der Waals surface area contributed by atoms with Gasteiger partial charge in [-0.05, 0) is 26.3 Å². The molecule has 0 rings (SSSR count). The summed E-state index contributed by atoms with van der Waals surface area (Å²) in [6, 6.07) is 0. The Balaban J connectivity index is 4.04. The summed E-state index contributed by atoms with van der Waals surface area (Å²) in [5.74, 6) is 0. The summed E-state index contributed by atoms with van der Waals surface area (Å²) in [4.78, 5) is 0. The molecule has 2 heteroatoms. The highest BCUT2D eigenvalue weighted by Gasteiger charge is 1.89. The molecule has 0 aliphatic rings. The van der Waals surface area contributed by atoms with E-state index in [2.05, 4.69) is 5.16 Å². The van der Waals surface area contributed by atoms with Gasteiger partial charge in [0, 0.05) is 0 Å². The molecule has 0 saturated heterocycles. The number of hydrogen-bond acceptors (Lipinski definition) is 2. The molecule has 0 aliphatic heterocycles. The van der Waals surface area contributed by atoms with Crippen LogP contribution < -0.4 is 0 Å². The zero-order valence-corrected chi connectivity index (χ0v) is 5.47. The average Bonchev–Trinajstić information content (AvgIpc) is 1.84. The fourth-order valence-corrected chi connectivity index (χ4v) is 0.288. The van der Waals surface area contributed by atoms with Crippen LogP contribution in [0.15, 0.2) is 16.8 Å². The fraction of sp³-hybridized carbons (Fsp3) is 0.500. The molecular formula is C6H11NO. The van der Waals surface area contributed by atoms with Crippen molar-refractivity contribution in [1.82, 2.24) is 0 Å². The second kappa shape index (κ2) is 3.24. The van der Waals surface area contributed by atoms with Crippen molar-refractivity contribution in [3.63, 3.8) is 0 Å². The summed E-state index contributed by atoms with van der Waals surface area (Å²) in [5.41, 5.74) is 1.68. The van der Waals surface area contributed by atoms with Crippen LogP contribution in [0.1, 0.15) is 20.8 Å². The summed E-state index contributed by atoms with van der Waals surface area (Å²) >= 11 is 0. The van der Waals surface area contributed by atoms with Gasteiger partial charge < -0.3 is 5.21 Å². The zero-order chi connectivity index (χ0) is 6.57. The van der Waals surface area contributed by atoms with Gasteiger partial charge in [-0.2, -0.15) is 0 Å². The molecule has 0 spiro atoms. The molecule has 0 bridgehead atoms. The average molecular weight is 113 g/mol. The Hall–Kier alpha value is -0.790. The lowest BCUT2D eigenvalue weighted by Gasteiger charge is -1.91. The summed E-state index contributed by atoms with van der Waals surface area (Å²) in [6.07, 6.45) is 1.90. The Morgan fingerprint density at radius 1 is 1.50 bits per heavy atom. The fourth-order valence-electron chi connectivity index (χ4n) is 0.288. The number of hydrogen-bond donors (Lipinski definition) is 1. The topological polar surface area (TPSA) is 32.6 Å². The monoisotopic (exact) mass is 113 g/mol. The van der Waals surface area contributed by atoms with E-state index in [0.29, 0.717) is 5.71 Å². The first-order valence-electron chi connectivity index (χ1n) is 2.54. The van der Waals surface area contributed by atoms with Crippen molar-refractivity contribution in [2.75, 3.05) is 0 Å². The van der Waals surface area contributed by atoms with Crippen LogP contribution in [0.25, 0.3) is 0 Å². The molecule has 0 heterocycles. The zero-order valence-electron chi connectivity index (χ0n) is 5.47. The van der Waals surface area contributed by atoms with E-state index in [0.717, 1.165) is 5.57 Å². The number of allylic oxidation sites excluding steroid dienone is 2. The lowest BCUT2D eigenvalue weighted by Crippen LogP contribution is -1.90. The van der Waals surface area contributed by atoms with Crippen molar-refractivity contribution < 1.29 is 5.21 Å². The van der Waals surface area contributed by atoms with Gasteiger partial charge in [0.2, 0.25) is 0 Å². The molecule has 0 amide bonds. The molecule has 1 N–H and O–H groups in total. The van der Waals surface area contributed by atoms with Crippen molar-refractivity contribution in [3.8, 4) is 0 Å². The molecule has 0 fully saturated rings. The minimum Gasteiger partial charge on any atom is -0.411 e. The van der Waals surface area contributed by atoms with Gasteiger partial charge in [0.15, 0.2) is 0 Å². The number of oxime groups is 1. The normalized spacial score (nSPS) is 14.4. The first-order chi connectivity index (χ1) is 3.72. The van der Waals surface area contributed by atoms with E-state index in [1.807, 2.05) is 19.9 Å². The van der Waals surface area contributed by atoms with Crippen LogP contribution in [-0.4, -0.2) is 10.9 Å². The van der Waals surface area contributed by atoms with Crippen LogP contribution in [0.4, 0.5) is 0 Å². The second-order valence-electron chi connectivity index (χ2n) is 1.66. The van der Waals surface area contributed by atoms with E-state index < -0.39 is 0 Å². The second-order valence-corrected chi connectivity index (χ2v) is 1.66. The van der Waals surface area contributed by atoms with Gasteiger partial charge in [0.25, 0.3) is 0 Å². The van der Waals surface area contributed by atoms with E-state index in [9.17, 15) is 0 Å². The van der Waals surface area contributed by atoms with Crippen molar-refractivity contribution in [2.24, 2.45) is 5.16 Å². The van der Waals surface area contributed by atoms with Gasteiger partial charge >= 0.3 is 0 Å². The maximum Gasteiger partial charge on any atom is 0.0790 e. The van der Waals surface area contributed by atoms with Crippen molar-refractivity contribution >= 4 is 5.71 Å². The third kappa shape index (κ3) is 1.78. The highest BCUT2D eigenvalue weighted by atomic mass is 16.4. The van der Waals surface area contributed by atoms with E-state index in [4.69, 9.17) is 5.21 Å². The number of nitrogens with zero attached hydrogens (tertiary/aromatic N) is 1. The highest BCUT2D eigenvalue weighted by molar-refractivity contribution is 5.97. The summed E-state index contributed by atoms with van der Waals surface area (Å²) < 4.78 is 0.